The van der Waals surface area contributed by atoms with Crippen LogP contribution in [-0.2, 0) is 4.79 Å². The second-order valence-corrected chi connectivity index (χ2v) is 4.02. The molecule has 1 aromatic rings. The number of nitrogens with one attached hydrogen (secondary N) is 1. The van der Waals surface area contributed by atoms with Crippen LogP contribution in [0.25, 0.3) is 0 Å². The van der Waals surface area contributed by atoms with E-state index in [9.17, 15) is 14.9 Å². The first kappa shape index (κ1) is 12.4. The maximum absolute atomic E-state index is 11.3. The fraction of sp³-hybridized carbons (Fsp3) is 0.300. The molecule has 6 heteroatoms. The molecule has 16 heavy (non-hydrogen) atoms. The van der Waals surface area contributed by atoms with E-state index < -0.39 is 10.3 Å². The normalized spacial score (nSPS) is 11.9. The number of nitro benzene ring substituents is 1. The van der Waals surface area contributed by atoms with E-state index in [1.165, 1.54) is 18.2 Å². The molecule has 0 spiro atoms. The number of halogens is 1. The van der Waals surface area contributed by atoms with Crippen molar-refractivity contribution in [3.63, 3.8) is 0 Å². The minimum atomic E-state index is -0.644. The van der Waals surface area contributed by atoms with Gasteiger partial charge >= 0.3 is 0 Å². The molecule has 0 aliphatic rings. The summed E-state index contributed by atoms with van der Waals surface area (Å²) in [5, 5.41) is 12.4. The Balaban J connectivity index is 2.91. The number of nitrogens with zero attached hydrogens (tertiary/aromatic N) is 1. The molecule has 0 heterocycles. The van der Waals surface area contributed by atoms with E-state index in [2.05, 4.69) is 5.32 Å². The lowest BCUT2D eigenvalue weighted by Crippen LogP contribution is -2.20. The highest BCUT2D eigenvalue weighted by Crippen LogP contribution is 2.21. The van der Waals surface area contributed by atoms with Crippen LogP contribution in [-0.4, -0.2) is 16.2 Å². The highest BCUT2D eigenvalue weighted by Gasteiger charge is 2.12. The third-order valence-electron chi connectivity index (χ3n) is 2.04. The van der Waals surface area contributed by atoms with Gasteiger partial charge in [0, 0.05) is 17.8 Å². The monoisotopic (exact) mass is 242 g/mol. The van der Waals surface area contributed by atoms with Crippen molar-refractivity contribution in [2.45, 2.75) is 19.2 Å². The molecule has 0 bridgehead atoms. The van der Waals surface area contributed by atoms with Gasteiger partial charge in [-0.25, -0.2) is 0 Å². The number of non-ortho nitro benzene ring substituents is 1. The van der Waals surface area contributed by atoms with Crippen molar-refractivity contribution >= 4 is 28.9 Å². The molecule has 86 valence electrons. The number of anilines is 1. The number of aryl methyl sites for hydroxylation is 1. The Kier molecular flexibility index (Phi) is 3.84. The predicted molar refractivity (Wildman–Crippen MR) is 61.8 cm³/mol. The number of amides is 1. The van der Waals surface area contributed by atoms with Gasteiger partial charge < -0.3 is 5.32 Å². The molecule has 0 fully saturated rings. The maximum Gasteiger partial charge on any atom is 0.269 e. The zero-order chi connectivity index (χ0) is 12.3. The van der Waals surface area contributed by atoms with Gasteiger partial charge in [-0.15, -0.1) is 11.6 Å². The molecule has 0 aliphatic carbocycles. The quantitative estimate of drug-likeness (QED) is 0.503. The minimum absolute atomic E-state index is 0.00517. The molecule has 1 atom stereocenters. The molecule has 5 nitrogen and oxygen atoms in total. The van der Waals surface area contributed by atoms with Crippen molar-refractivity contribution in [3.05, 3.63) is 33.9 Å². The van der Waals surface area contributed by atoms with Crippen LogP contribution in [0.2, 0.25) is 0 Å². The van der Waals surface area contributed by atoms with Crippen LogP contribution in [0.5, 0.6) is 0 Å². The summed E-state index contributed by atoms with van der Waals surface area (Å²) in [5.41, 5.74) is 1.15. The van der Waals surface area contributed by atoms with Crippen molar-refractivity contribution in [1.82, 2.24) is 0 Å². The van der Waals surface area contributed by atoms with Gasteiger partial charge in [0.15, 0.2) is 0 Å². The van der Waals surface area contributed by atoms with E-state index in [0.29, 0.717) is 11.3 Å². The van der Waals surface area contributed by atoms with E-state index >= 15 is 0 Å². The lowest BCUT2D eigenvalue weighted by molar-refractivity contribution is -0.384. The first-order chi connectivity index (χ1) is 7.41. The molecule has 0 radical (unpaired) electrons. The summed E-state index contributed by atoms with van der Waals surface area (Å²) in [5.74, 6) is -0.335. The lowest BCUT2D eigenvalue weighted by Gasteiger charge is -2.08. The Hall–Kier alpha value is -1.62. The standard InChI is InChI=1S/C10H11ClN2O3/c1-6-5-8(13(15)16)3-4-9(6)12-10(14)7(2)11/h3-5,7H,1-2H3,(H,12,14)/t7-/m1/s1. The fourth-order valence-electron chi connectivity index (χ4n) is 1.13. The number of carbonyl (C=O) groups is 1. The minimum Gasteiger partial charge on any atom is -0.325 e. The highest BCUT2D eigenvalue weighted by molar-refractivity contribution is 6.32. The summed E-state index contributed by atoms with van der Waals surface area (Å²) in [6.07, 6.45) is 0. The second-order valence-electron chi connectivity index (χ2n) is 3.36. The van der Waals surface area contributed by atoms with Gasteiger partial charge in [0.05, 0.1) is 4.92 Å². The summed E-state index contributed by atoms with van der Waals surface area (Å²) in [6, 6.07) is 4.22. The number of carbonyl (C=O) groups excluding carboxylic acids is 1. The van der Waals surface area contributed by atoms with Crippen molar-refractivity contribution in [1.29, 1.82) is 0 Å². The van der Waals surface area contributed by atoms with Crippen LogP contribution in [0, 0.1) is 17.0 Å². The molecule has 0 saturated carbocycles. The largest absolute Gasteiger partial charge is 0.325 e. The smallest absolute Gasteiger partial charge is 0.269 e. The predicted octanol–water partition coefficient (Wildman–Crippen LogP) is 2.47. The lowest BCUT2D eigenvalue weighted by atomic mass is 10.2. The molecule has 1 rings (SSSR count). The van der Waals surface area contributed by atoms with Gasteiger partial charge in [0.1, 0.15) is 5.38 Å². The van der Waals surface area contributed by atoms with E-state index in [4.69, 9.17) is 11.6 Å². The Morgan fingerprint density at radius 1 is 1.56 bits per heavy atom. The number of rotatable bonds is 3. The summed E-state index contributed by atoms with van der Waals surface area (Å²) in [6.45, 7) is 3.24. The molecule has 0 aromatic heterocycles. The average Bonchev–Trinajstić information content (AvgIpc) is 2.20. The van der Waals surface area contributed by atoms with Gasteiger partial charge in [-0.3, -0.25) is 14.9 Å². The van der Waals surface area contributed by atoms with E-state index in [-0.39, 0.29) is 11.6 Å². The number of hydrogen-bond acceptors (Lipinski definition) is 3. The van der Waals surface area contributed by atoms with Crippen molar-refractivity contribution in [2.24, 2.45) is 0 Å². The Bertz CT molecular complexity index is 432. The number of benzene rings is 1. The van der Waals surface area contributed by atoms with Crippen LogP contribution in [0.4, 0.5) is 11.4 Å². The second kappa shape index (κ2) is 4.94. The topological polar surface area (TPSA) is 72.2 Å². The third-order valence-corrected chi connectivity index (χ3v) is 2.24. The van der Waals surface area contributed by atoms with Crippen molar-refractivity contribution in [3.8, 4) is 0 Å². The van der Waals surface area contributed by atoms with Gasteiger partial charge in [0.25, 0.3) is 5.69 Å². The van der Waals surface area contributed by atoms with E-state index in [1.54, 1.807) is 13.8 Å². The van der Waals surface area contributed by atoms with Crippen LogP contribution in [0.15, 0.2) is 18.2 Å². The Morgan fingerprint density at radius 3 is 2.62 bits per heavy atom. The molecular weight excluding hydrogens is 232 g/mol. The van der Waals surface area contributed by atoms with Crippen LogP contribution < -0.4 is 5.32 Å². The highest BCUT2D eigenvalue weighted by atomic mass is 35.5. The maximum atomic E-state index is 11.3. The molecule has 1 N–H and O–H groups in total. The van der Waals surface area contributed by atoms with Gasteiger partial charge in [0.2, 0.25) is 5.91 Å². The third kappa shape index (κ3) is 2.93. The van der Waals surface area contributed by atoms with Crippen LogP contribution in [0.3, 0.4) is 0 Å². The zero-order valence-electron chi connectivity index (χ0n) is 8.86. The van der Waals surface area contributed by atoms with Crippen LogP contribution in [0.1, 0.15) is 12.5 Å². The van der Waals surface area contributed by atoms with Crippen molar-refractivity contribution < 1.29 is 9.72 Å². The van der Waals surface area contributed by atoms with Gasteiger partial charge in [-0.2, -0.15) is 0 Å². The molecule has 0 aliphatic heterocycles. The fourth-order valence-corrected chi connectivity index (χ4v) is 1.19. The Morgan fingerprint density at radius 2 is 2.19 bits per heavy atom. The molecule has 0 saturated heterocycles. The van der Waals surface area contributed by atoms with Gasteiger partial charge in [-0.05, 0) is 25.5 Å². The zero-order valence-corrected chi connectivity index (χ0v) is 9.62. The summed E-state index contributed by atoms with van der Waals surface area (Å²) in [7, 11) is 0. The number of nitro groups is 1. The van der Waals surface area contributed by atoms with E-state index in [1.807, 2.05) is 0 Å². The first-order valence-corrected chi connectivity index (χ1v) is 5.05. The molecule has 1 aromatic carbocycles. The first-order valence-electron chi connectivity index (χ1n) is 4.62. The van der Waals surface area contributed by atoms with Crippen molar-refractivity contribution in [2.75, 3.05) is 5.32 Å². The molecule has 1 amide bonds. The summed E-state index contributed by atoms with van der Waals surface area (Å²) < 4.78 is 0. The number of alkyl halides is 1. The molecule has 0 unspecified atom stereocenters. The van der Waals surface area contributed by atoms with Gasteiger partial charge in [-0.1, -0.05) is 0 Å². The average molecular weight is 243 g/mol. The summed E-state index contributed by atoms with van der Waals surface area (Å²) in [4.78, 5) is 21.3. The van der Waals surface area contributed by atoms with Crippen LogP contribution >= 0.6 is 11.6 Å². The summed E-state index contributed by atoms with van der Waals surface area (Å²) >= 11 is 5.59. The molecular formula is C10H11ClN2O3. The number of hydrogen-bond donors (Lipinski definition) is 1. The SMILES string of the molecule is Cc1cc([N+](=O)[O-])ccc1NC(=O)[C@@H](C)Cl. The Labute approximate surface area is 97.6 Å². The van der Waals surface area contributed by atoms with E-state index in [0.717, 1.165) is 0 Å².